The summed E-state index contributed by atoms with van der Waals surface area (Å²) in [6.45, 7) is 9.87. The average Bonchev–Trinajstić information content (AvgIpc) is 3.19. The van der Waals surface area contributed by atoms with Gasteiger partial charge in [-0.05, 0) is 57.5 Å². The second-order valence-corrected chi connectivity index (χ2v) is 9.32. The van der Waals surface area contributed by atoms with Gasteiger partial charge in [0.2, 0.25) is 0 Å². The number of hydrogen-bond acceptors (Lipinski definition) is 7. The second-order valence-electron chi connectivity index (χ2n) is 8.31. The minimum absolute atomic E-state index is 0.211. The topological polar surface area (TPSA) is 73.1 Å². The van der Waals surface area contributed by atoms with E-state index in [-0.39, 0.29) is 12.2 Å². The Morgan fingerprint density at radius 3 is 2.44 bits per heavy atom. The van der Waals surface area contributed by atoms with E-state index in [1.807, 2.05) is 42.5 Å². The Bertz CT molecular complexity index is 1460. The first-order valence-electron chi connectivity index (χ1n) is 12.1. The van der Waals surface area contributed by atoms with Crippen LogP contribution in [0.4, 0.5) is 5.69 Å². The van der Waals surface area contributed by atoms with Gasteiger partial charge in [0.25, 0.3) is 5.56 Å². The van der Waals surface area contributed by atoms with Gasteiger partial charge in [0.15, 0.2) is 4.80 Å². The minimum atomic E-state index is -0.705. The summed E-state index contributed by atoms with van der Waals surface area (Å²) in [5.74, 6) is 0.0940. The maximum absolute atomic E-state index is 13.8. The van der Waals surface area contributed by atoms with Crippen molar-refractivity contribution in [1.29, 1.82) is 0 Å². The van der Waals surface area contributed by atoms with Crippen molar-refractivity contribution in [3.05, 3.63) is 90.6 Å². The first-order chi connectivity index (χ1) is 17.4. The molecule has 0 N–H and O–H groups in total. The van der Waals surface area contributed by atoms with Gasteiger partial charge < -0.3 is 14.4 Å². The number of allylic oxidation sites excluding steroid dienone is 1. The van der Waals surface area contributed by atoms with Gasteiger partial charge in [-0.1, -0.05) is 41.7 Å². The zero-order chi connectivity index (χ0) is 25.8. The Balaban J connectivity index is 1.88. The number of methoxy groups -OCH3 is 1. The van der Waals surface area contributed by atoms with Gasteiger partial charge in [0, 0.05) is 24.3 Å². The van der Waals surface area contributed by atoms with E-state index in [2.05, 4.69) is 35.9 Å². The molecule has 0 aliphatic carbocycles. The molecular formula is C28H31N3O4S. The molecule has 4 rings (SSSR count). The smallest absolute Gasteiger partial charge is 0.338 e. The molecule has 1 aliphatic heterocycles. The number of rotatable bonds is 8. The van der Waals surface area contributed by atoms with Crippen molar-refractivity contribution in [2.75, 3.05) is 31.7 Å². The van der Waals surface area contributed by atoms with Crippen LogP contribution in [0.1, 0.15) is 44.9 Å². The first kappa shape index (κ1) is 25.4. The highest BCUT2D eigenvalue weighted by atomic mass is 32.1. The number of anilines is 1. The molecule has 0 saturated carbocycles. The first-order valence-corrected chi connectivity index (χ1v) is 12.9. The number of para-hydroxylation sites is 1. The van der Waals surface area contributed by atoms with Crippen LogP contribution in [0, 0.1) is 0 Å². The number of thiazole rings is 1. The molecule has 36 heavy (non-hydrogen) atoms. The van der Waals surface area contributed by atoms with Crippen molar-refractivity contribution < 1.29 is 14.3 Å². The van der Waals surface area contributed by atoms with Crippen molar-refractivity contribution in [3.8, 4) is 5.75 Å². The number of ether oxygens (including phenoxy) is 2. The maximum Gasteiger partial charge on any atom is 0.338 e. The molecular weight excluding hydrogens is 474 g/mol. The van der Waals surface area contributed by atoms with Crippen LogP contribution in [-0.2, 0) is 9.53 Å². The summed E-state index contributed by atoms with van der Waals surface area (Å²) < 4.78 is 13.1. The van der Waals surface area contributed by atoms with Crippen LogP contribution < -0.4 is 24.5 Å². The second kappa shape index (κ2) is 11.0. The van der Waals surface area contributed by atoms with E-state index < -0.39 is 12.0 Å². The Morgan fingerprint density at radius 1 is 1.11 bits per heavy atom. The molecule has 0 radical (unpaired) electrons. The number of carbonyl (C=O) groups excluding carboxylic acids is 1. The van der Waals surface area contributed by atoms with E-state index in [1.54, 1.807) is 25.5 Å². The monoisotopic (exact) mass is 505 g/mol. The minimum Gasteiger partial charge on any atom is -0.496 e. The lowest BCUT2D eigenvalue weighted by molar-refractivity contribution is -0.139. The van der Waals surface area contributed by atoms with Crippen molar-refractivity contribution in [2.24, 2.45) is 4.99 Å². The molecule has 1 aromatic heterocycles. The number of esters is 1. The number of nitrogens with zero attached hydrogens (tertiary/aromatic N) is 3. The molecule has 188 valence electrons. The number of aromatic nitrogens is 1. The molecule has 1 aliphatic rings. The number of carbonyl (C=O) groups is 1. The third-order valence-corrected chi connectivity index (χ3v) is 7.25. The molecule has 2 heterocycles. The van der Waals surface area contributed by atoms with E-state index in [4.69, 9.17) is 9.47 Å². The van der Waals surface area contributed by atoms with Crippen LogP contribution in [0.15, 0.2) is 69.6 Å². The molecule has 0 bridgehead atoms. The summed E-state index contributed by atoms with van der Waals surface area (Å²) in [7, 11) is 1.57. The summed E-state index contributed by atoms with van der Waals surface area (Å²) in [4.78, 5) is 34.2. The van der Waals surface area contributed by atoms with Crippen LogP contribution >= 0.6 is 11.3 Å². The standard InChI is InChI=1S/C28H31N3O4S/c1-6-30(7-2)20-15-13-19(14-16-20)17-23-26(32)31-25(21-11-9-10-12-22(21)34-5)24(27(33)35-8-3)18(4)29-28(31)36-23/h9-17,25H,6-8H2,1-5H3/b23-17+/t25-/m1/s1. The van der Waals surface area contributed by atoms with Gasteiger partial charge in [-0.2, -0.15) is 0 Å². The predicted molar refractivity (Wildman–Crippen MR) is 143 cm³/mol. The number of benzene rings is 2. The van der Waals surface area contributed by atoms with E-state index in [0.29, 0.717) is 31.9 Å². The summed E-state index contributed by atoms with van der Waals surface area (Å²) in [5.41, 5.74) is 3.42. The lowest BCUT2D eigenvalue weighted by Crippen LogP contribution is -2.40. The van der Waals surface area contributed by atoms with Gasteiger partial charge in [-0.25, -0.2) is 9.79 Å². The van der Waals surface area contributed by atoms with Crippen molar-refractivity contribution in [1.82, 2.24) is 4.57 Å². The Labute approximate surface area is 214 Å². The number of hydrogen-bond donors (Lipinski definition) is 0. The highest BCUT2D eigenvalue weighted by Crippen LogP contribution is 2.35. The van der Waals surface area contributed by atoms with Crippen LogP contribution in [0.3, 0.4) is 0 Å². The molecule has 3 aromatic rings. The Hall–Kier alpha value is -3.65. The molecule has 8 heteroatoms. The number of fused-ring (bicyclic) bond motifs is 1. The Kier molecular flexibility index (Phi) is 7.74. The average molecular weight is 506 g/mol. The molecule has 2 aromatic carbocycles. The third kappa shape index (κ3) is 4.73. The van der Waals surface area contributed by atoms with Crippen LogP contribution in [0.25, 0.3) is 6.08 Å². The molecule has 0 spiro atoms. The fourth-order valence-electron chi connectivity index (χ4n) is 4.50. The summed E-state index contributed by atoms with van der Waals surface area (Å²) >= 11 is 1.31. The van der Waals surface area contributed by atoms with Crippen molar-refractivity contribution >= 4 is 29.1 Å². The van der Waals surface area contributed by atoms with E-state index >= 15 is 0 Å². The van der Waals surface area contributed by atoms with E-state index in [0.717, 1.165) is 24.3 Å². The third-order valence-electron chi connectivity index (χ3n) is 6.27. The van der Waals surface area contributed by atoms with Gasteiger partial charge >= 0.3 is 5.97 Å². The predicted octanol–water partition coefficient (Wildman–Crippen LogP) is 3.65. The van der Waals surface area contributed by atoms with Crippen LogP contribution in [0.2, 0.25) is 0 Å². The normalized spacial score (nSPS) is 15.4. The maximum atomic E-state index is 13.8. The fourth-order valence-corrected chi connectivity index (χ4v) is 5.55. The quantitative estimate of drug-likeness (QED) is 0.437. The molecule has 0 fully saturated rings. The van der Waals surface area contributed by atoms with Gasteiger partial charge in [0.05, 0.1) is 29.5 Å². The fraction of sp³-hybridized carbons (Fsp3) is 0.321. The molecule has 7 nitrogen and oxygen atoms in total. The van der Waals surface area contributed by atoms with Gasteiger partial charge in [-0.3, -0.25) is 9.36 Å². The van der Waals surface area contributed by atoms with Gasteiger partial charge in [0.1, 0.15) is 11.8 Å². The SMILES string of the molecule is CCOC(=O)C1=C(C)N=c2s/c(=C/c3ccc(N(CC)CC)cc3)c(=O)n2[C@@H]1c1ccccc1OC. The largest absolute Gasteiger partial charge is 0.496 e. The summed E-state index contributed by atoms with van der Waals surface area (Å²) in [5, 5.41) is 0. The van der Waals surface area contributed by atoms with E-state index in [9.17, 15) is 9.59 Å². The Morgan fingerprint density at radius 2 is 1.81 bits per heavy atom. The molecule has 0 saturated heterocycles. The zero-order valence-corrected chi connectivity index (χ0v) is 22.1. The van der Waals surface area contributed by atoms with Crippen molar-refractivity contribution in [2.45, 2.75) is 33.7 Å². The molecule has 0 amide bonds. The molecule has 0 unspecified atom stereocenters. The van der Waals surface area contributed by atoms with E-state index in [1.165, 1.54) is 11.3 Å². The van der Waals surface area contributed by atoms with Gasteiger partial charge in [-0.15, -0.1) is 0 Å². The lowest BCUT2D eigenvalue weighted by Gasteiger charge is -2.25. The van der Waals surface area contributed by atoms with Crippen LogP contribution in [0.5, 0.6) is 5.75 Å². The highest BCUT2D eigenvalue weighted by molar-refractivity contribution is 7.07. The lowest BCUT2D eigenvalue weighted by atomic mass is 9.95. The highest BCUT2D eigenvalue weighted by Gasteiger charge is 2.34. The van der Waals surface area contributed by atoms with Crippen molar-refractivity contribution in [3.63, 3.8) is 0 Å². The van der Waals surface area contributed by atoms with Crippen LogP contribution in [-0.4, -0.2) is 37.3 Å². The summed E-state index contributed by atoms with van der Waals surface area (Å²) in [6, 6.07) is 14.9. The molecule has 1 atom stereocenters. The summed E-state index contributed by atoms with van der Waals surface area (Å²) in [6.07, 6.45) is 1.87. The zero-order valence-electron chi connectivity index (χ0n) is 21.3.